The van der Waals surface area contributed by atoms with Crippen LogP contribution in [0.1, 0.15) is 11.5 Å². The lowest BCUT2D eigenvalue weighted by Gasteiger charge is -2.20. The molecule has 4 heterocycles. The molecule has 8 nitrogen and oxygen atoms in total. The number of rotatable bonds is 4. The Morgan fingerprint density at radius 3 is 2.61 bits per heavy atom. The van der Waals surface area contributed by atoms with Crippen molar-refractivity contribution in [2.75, 3.05) is 10.6 Å². The number of aromatic nitrogens is 3. The standard InChI is InChI=1S/C24H20N6O2S/c1-13-21(14(2)32-29-13)30(24(26)31)17-7-3-5-15(9-17)19-12-33-22-18(11-28-23(25)20(19)22)16-6-4-8-27-10-16/h3-12H,1-2H3,(H2,25,28)(H2,26,31). The summed E-state index contributed by atoms with van der Waals surface area (Å²) in [6.07, 6.45) is 5.32. The number of primary amides is 1. The molecule has 0 saturated heterocycles. The topological polar surface area (TPSA) is 124 Å². The number of pyridine rings is 2. The average Bonchev–Trinajstić information content (AvgIpc) is 3.40. The molecule has 0 aliphatic heterocycles. The molecule has 0 fully saturated rings. The fourth-order valence-electron chi connectivity index (χ4n) is 3.98. The minimum absolute atomic E-state index is 0.441. The van der Waals surface area contributed by atoms with Gasteiger partial charge in [-0.05, 0) is 43.0 Å². The molecule has 0 atom stereocenters. The summed E-state index contributed by atoms with van der Waals surface area (Å²) >= 11 is 1.59. The van der Waals surface area contributed by atoms with Gasteiger partial charge in [-0.2, -0.15) is 0 Å². The van der Waals surface area contributed by atoms with Gasteiger partial charge in [-0.1, -0.05) is 23.4 Å². The monoisotopic (exact) mass is 456 g/mol. The second-order valence-corrected chi connectivity index (χ2v) is 8.43. The van der Waals surface area contributed by atoms with Crippen molar-refractivity contribution in [3.63, 3.8) is 0 Å². The quantitative estimate of drug-likeness (QED) is 0.372. The number of carbonyl (C=O) groups excluding carboxylic acids is 1. The van der Waals surface area contributed by atoms with E-state index in [0.717, 1.165) is 32.3 Å². The minimum Gasteiger partial charge on any atom is -0.383 e. The van der Waals surface area contributed by atoms with Crippen LogP contribution in [-0.2, 0) is 0 Å². The van der Waals surface area contributed by atoms with Crippen LogP contribution in [-0.4, -0.2) is 21.2 Å². The molecule has 4 aromatic heterocycles. The van der Waals surface area contributed by atoms with Crippen LogP contribution in [0.5, 0.6) is 0 Å². The molecular formula is C24H20N6O2S. The first kappa shape index (κ1) is 20.7. The first-order valence-electron chi connectivity index (χ1n) is 10.1. The Labute approximate surface area is 193 Å². The number of thiophene rings is 1. The molecule has 0 aliphatic rings. The zero-order chi connectivity index (χ0) is 23.1. The maximum absolute atomic E-state index is 12.4. The number of aryl methyl sites for hydroxylation is 2. The highest BCUT2D eigenvalue weighted by atomic mass is 32.1. The van der Waals surface area contributed by atoms with E-state index >= 15 is 0 Å². The molecule has 0 radical (unpaired) electrons. The van der Waals surface area contributed by atoms with E-state index in [1.807, 2.05) is 41.8 Å². The second-order valence-electron chi connectivity index (χ2n) is 7.55. The first-order valence-corrected chi connectivity index (χ1v) is 11.0. The number of benzene rings is 1. The van der Waals surface area contributed by atoms with Crippen molar-refractivity contribution in [1.82, 2.24) is 15.1 Å². The van der Waals surface area contributed by atoms with Crippen LogP contribution in [0.3, 0.4) is 0 Å². The number of hydrogen-bond donors (Lipinski definition) is 2. The number of anilines is 3. The van der Waals surface area contributed by atoms with Crippen LogP contribution in [0.4, 0.5) is 22.0 Å². The number of nitrogen functional groups attached to an aromatic ring is 1. The molecule has 0 aliphatic carbocycles. The molecule has 5 aromatic rings. The van der Waals surface area contributed by atoms with Crippen LogP contribution in [0.25, 0.3) is 32.3 Å². The summed E-state index contributed by atoms with van der Waals surface area (Å²) in [4.78, 5) is 22.5. The molecule has 164 valence electrons. The highest BCUT2D eigenvalue weighted by Crippen LogP contribution is 2.42. The summed E-state index contributed by atoms with van der Waals surface area (Å²) in [6, 6.07) is 10.8. The predicted octanol–water partition coefficient (Wildman–Crippen LogP) is 5.43. The zero-order valence-electron chi connectivity index (χ0n) is 17.9. The van der Waals surface area contributed by atoms with E-state index in [1.54, 1.807) is 43.8 Å². The summed E-state index contributed by atoms with van der Waals surface area (Å²) in [7, 11) is 0. The smallest absolute Gasteiger partial charge is 0.324 e. The summed E-state index contributed by atoms with van der Waals surface area (Å²) in [5, 5.41) is 6.87. The third-order valence-corrected chi connectivity index (χ3v) is 6.47. The Morgan fingerprint density at radius 2 is 1.91 bits per heavy atom. The molecule has 2 amide bonds. The average molecular weight is 457 g/mol. The summed E-state index contributed by atoms with van der Waals surface area (Å²) in [6.45, 7) is 3.51. The predicted molar refractivity (Wildman–Crippen MR) is 130 cm³/mol. The Morgan fingerprint density at radius 1 is 1.09 bits per heavy atom. The Balaban J connectivity index is 1.67. The largest absolute Gasteiger partial charge is 0.383 e. The lowest BCUT2D eigenvalue weighted by Crippen LogP contribution is -2.32. The summed E-state index contributed by atoms with van der Waals surface area (Å²) in [5.41, 5.74) is 17.5. The Hall–Kier alpha value is -4.24. The fraction of sp³-hybridized carbons (Fsp3) is 0.0833. The van der Waals surface area contributed by atoms with Crippen LogP contribution in [0.15, 0.2) is 64.9 Å². The molecule has 0 spiro atoms. The lowest BCUT2D eigenvalue weighted by atomic mass is 10.0. The lowest BCUT2D eigenvalue weighted by molar-refractivity contribution is 0.256. The van der Waals surface area contributed by atoms with Gasteiger partial charge in [0.1, 0.15) is 17.2 Å². The van der Waals surface area contributed by atoms with Crippen LogP contribution in [0.2, 0.25) is 0 Å². The number of nitrogens with zero attached hydrogens (tertiary/aromatic N) is 4. The van der Waals surface area contributed by atoms with Gasteiger partial charge in [0.15, 0.2) is 5.76 Å². The van der Waals surface area contributed by atoms with Crippen LogP contribution >= 0.6 is 11.3 Å². The number of urea groups is 1. The zero-order valence-corrected chi connectivity index (χ0v) is 18.8. The third-order valence-electron chi connectivity index (χ3n) is 5.45. The Bertz CT molecular complexity index is 1470. The number of carbonyl (C=O) groups is 1. The van der Waals surface area contributed by atoms with Gasteiger partial charge in [-0.15, -0.1) is 11.3 Å². The van der Waals surface area contributed by atoms with Gasteiger partial charge < -0.3 is 16.0 Å². The van der Waals surface area contributed by atoms with Gasteiger partial charge in [0.05, 0.1) is 5.69 Å². The van der Waals surface area contributed by atoms with Crippen LogP contribution in [0, 0.1) is 13.8 Å². The second kappa shape index (κ2) is 8.03. The van der Waals surface area contributed by atoms with Crippen molar-refractivity contribution in [3.8, 4) is 22.3 Å². The Kier molecular flexibility index (Phi) is 5.02. The fourth-order valence-corrected chi connectivity index (χ4v) is 5.10. The molecule has 0 unspecified atom stereocenters. The van der Waals surface area contributed by atoms with Gasteiger partial charge >= 0.3 is 6.03 Å². The molecule has 33 heavy (non-hydrogen) atoms. The molecule has 0 bridgehead atoms. The van der Waals surface area contributed by atoms with Gasteiger partial charge in [0, 0.05) is 45.4 Å². The van der Waals surface area contributed by atoms with E-state index in [4.69, 9.17) is 16.0 Å². The maximum Gasteiger partial charge on any atom is 0.324 e. The van der Waals surface area contributed by atoms with E-state index in [0.29, 0.717) is 28.6 Å². The minimum atomic E-state index is -0.628. The molecule has 5 rings (SSSR count). The van der Waals surface area contributed by atoms with E-state index in [1.165, 1.54) is 4.90 Å². The third kappa shape index (κ3) is 3.48. The normalized spacial score (nSPS) is 11.1. The number of fused-ring (bicyclic) bond motifs is 1. The summed E-state index contributed by atoms with van der Waals surface area (Å²) in [5.74, 6) is 0.948. The van der Waals surface area contributed by atoms with E-state index in [9.17, 15) is 4.79 Å². The number of hydrogen-bond acceptors (Lipinski definition) is 7. The van der Waals surface area contributed by atoms with E-state index in [2.05, 4.69) is 15.1 Å². The molecule has 9 heteroatoms. The number of amides is 2. The highest BCUT2D eigenvalue weighted by Gasteiger charge is 2.24. The molecule has 1 aromatic carbocycles. The summed E-state index contributed by atoms with van der Waals surface area (Å²) < 4.78 is 6.27. The van der Waals surface area contributed by atoms with Gasteiger partial charge in [0.2, 0.25) is 0 Å². The molecular weight excluding hydrogens is 436 g/mol. The van der Waals surface area contributed by atoms with Crippen molar-refractivity contribution < 1.29 is 9.32 Å². The molecule has 4 N–H and O–H groups in total. The van der Waals surface area contributed by atoms with Crippen LogP contribution < -0.4 is 16.4 Å². The van der Waals surface area contributed by atoms with Gasteiger partial charge in [-0.25, -0.2) is 9.78 Å². The van der Waals surface area contributed by atoms with Gasteiger partial charge in [0.25, 0.3) is 0 Å². The maximum atomic E-state index is 12.4. The molecule has 0 saturated carbocycles. The van der Waals surface area contributed by atoms with E-state index < -0.39 is 6.03 Å². The van der Waals surface area contributed by atoms with E-state index in [-0.39, 0.29) is 0 Å². The highest BCUT2D eigenvalue weighted by molar-refractivity contribution is 7.18. The van der Waals surface area contributed by atoms with Crippen molar-refractivity contribution >= 4 is 44.6 Å². The van der Waals surface area contributed by atoms with Crippen molar-refractivity contribution in [2.24, 2.45) is 5.73 Å². The van der Waals surface area contributed by atoms with Crippen molar-refractivity contribution in [1.29, 1.82) is 0 Å². The van der Waals surface area contributed by atoms with Crippen molar-refractivity contribution in [2.45, 2.75) is 13.8 Å². The van der Waals surface area contributed by atoms with Crippen molar-refractivity contribution in [3.05, 3.63) is 71.8 Å². The van der Waals surface area contributed by atoms with Gasteiger partial charge in [-0.3, -0.25) is 9.88 Å². The first-order chi connectivity index (χ1) is 16.0. The SMILES string of the molecule is Cc1noc(C)c1N(C(N)=O)c1cccc(-c2csc3c(-c4cccnc4)cnc(N)c23)c1. The number of nitrogens with two attached hydrogens (primary N) is 2.